The Morgan fingerprint density at radius 3 is 2.73 bits per heavy atom. The highest BCUT2D eigenvalue weighted by molar-refractivity contribution is 7.14. The Labute approximate surface area is 244 Å². The third-order valence-electron chi connectivity index (χ3n) is 8.78. The van der Waals surface area contributed by atoms with Gasteiger partial charge < -0.3 is 24.4 Å². The van der Waals surface area contributed by atoms with Gasteiger partial charge in [-0.2, -0.15) is 0 Å². The Kier molecular flexibility index (Phi) is 8.25. The van der Waals surface area contributed by atoms with Gasteiger partial charge in [0.1, 0.15) is 12.4 Å². The van der Waals surface area contributed by atoms with Crippen LogP contribution in [0.15, 0.2) is 41.8 Å². The summed E-state index contributed by atoms with van der Waals surface area (Å²) in [6.45, 7) is 6.89. The number of amides is 1. The Bertz CT molecular complexity index is 1400. The maximum Gasteiger partial charge on any atom is 0.290 e. The van der Waals surface area contributed by atoms with Crippen LogP contribution in [0.4, 0.5) is 5.13 Å². The van der Waals surface area contributed by atoms with Crippen molar-refractivity contribution in [3.63, 3.8) is 0 Å². The molecule has 1 aliphatic carbocycles. The number of nitrogens with zero attached hydrogens (tertiary/aromatic N) is 3. The average Bonchev–Trinajstić information content (AvgIpc) is 3.61. The summed E-state index contributed by atoms with van der Waals surface area (Å²) in [6, 6.07) is 12.8. The monoisotopic (exact) mass is 575 g/mol. The summed E-state index contributed by atoms with van der Waals surface area (Å²) >= 11 is 1.74. The van der Waals surface area contributed by atoms with Crippen LogP contribution in [-0.2, 0) is 22.6 Å². The van der Waals surface area contributed by atoms with Crippen molar-refractivity contribution in [3.8, 4) is 17.0 Å². The number of aromatic nitrogens is 1. The van der Waals surface area contributed by atoms with Gasteiger partial charge in [-0.25, -0.2) is 4.98 Å². The third-order valence-corrected chi connectivity index (χ3v) is 9.68. The van der Waals surface area contributed by atoms with Gasteiger partial charge in [-0.1, -0.05) is 23.8 Å². The van der Waals surface area contributed by atoms with Crippen LogP contribution in [-0.4, -0.2) is 66.3 Å². The molecule has 4 aliphatic rings. The van der Waals surface area contributed by atoms with Crippen LogP contribution < -0.4 is 9.64 Å². The lowest BCUT2D eigenvalue weighted by atomic mass is 9.94. The number of hydrogen-bond acceptors (Lipinski definition) is 7. The van der Waals surface area contributed by atoms with E-state index in [1.165, 1.54) is 18.4 Å². The van der Waals surface area contributed by atoms with Gasteiger partial charge in [0.25, 0.3) is 12.4 Å². The first-order valence-electron chi connectivity index (χ1n) is 14.6. The summed E-state index contributed by atoms with van der Waals surface area (Å²) in [6.07, 6.45) is 5.46. The van der Waals surface area contributed by atoms with Crippen molar-refractivity contribution in [1.29, 1.82) is 0 Å². The van der Waals surface area contributed by atoms with Crippen LogP contribution in [0.5, 0.6) is 5.75 Å². The molecule has 8 nitrogen and oxygen atoms in total. The highest BCUT2D eigenvalue weighted by Gasteiger charge is 2.42. The SMILES string of the molecule is Cc1ccc(OCc2ccc3c(c2)CCN(C2CCOCC2)C3=O)c(-c2csc(N3CCC4CC4C3)n2)c1.O=CO. The number of fused-ring (bicyclic) bond motifs is 2. The first kappa shape index (κ1) is 27.7. The summed E-state index contributed by atoms with van der Waals surface area (Å²) in [5, 5.41) is 10.2. The topological polar surface area (TPSA) is 92.2 Å². The molecule has 0 bridgehead atoms. The van der Waals surface area contributed by atoms with Crippen LogP contribution in [0.1, 0.15) is 52.7 Å². The number of hydrogen-bond donors (Lipinski definition) is 1. The molecule has 3 aliphatic heterocycles. The van der Waals surface area contributed by atoms with E-state index in [9.17, 15) is 4.79 Å². The van der Waals surface area contributed by atoms with E-state index in [0.29, 0.717) is 12.6 Å². The molecule has 216 valence electrons. The van der Waals surface area contributed by atoms with Crippen LogP contribution in [0, 0.1) is 18.8 Å². The number of carbonyl (C=O) groups is 2. The van der Waals surface area contributed by atoms with Crippen molar-refractivity contribution in [1.82, 2.24) is 9.88 Å². The van der Waals surface area contributed by atoms with Crippen LogP contribution in [0.3, 0.4) is 0 Å². The third kappa shape index (κ3) is 6.11. The van der Waals surface area contributed by atoms with Gasteiger partial charge in [0.2, 0.25) is 0 Å². The number of piperidine rings is 1. The van der Waals surface area contributed by atoms with Gasteiger partial charge in [0.05, 0.1) is 5.69 Å². The number of anilines is 1. The Hall–Kier alpha value is -3.43. The second-order valence-corrected chi connectivity index (χ2v) is 12.3. The number of carboxylic acid groups (broad SMARTS) is 1. The molecule has 0 spiro atoms. The number of benzene rings is 2. The van der Waals surface area contributed by atoms with E-state index in [4.69, 9.17) is 24.4 Å². The second kappa shape index (κ2) is 12.2. The molecule has 1 amide bonds. The Morgan fingerprint density at radius 1 is 1.10 bits per heavy atom. The van der Waals surface area contributed by atoms with E-state index in [-0.39, 0.29) is 12.4 Å². The molecule has 2 saturated heterocycles. The summed E-state index contributed by atoms with van der Waals surface area (Å²) in [4.78, 5) is 31.2. The molecule has 3 fully saturated rings. The normalized spacial score (nSPS) is 21.8. The molecule has 9 heteroatoms. The molecule has 0 radical (unpaired) electrons. The van der Waals surface area contributed by atoms with Crippen molar-refractivity contribution in [2.45, 2.75) is 51.7 Å². The van der Waals surface area contributed by atoms with Crippen molar-refractivity contribution < 1.29 is 24.2 Å². The molecule has 1 aromatic heterocycles. The average molecular weight is 576 g/mol. The summed E-state index contributed by atoms with van der Waals surface area (Å²) in [5.41, 5.74) is 6.30. The van der Waals surface area contributed by atoms with Crippen molar-refractivity contribution in [2.75, 3.05) is 37.7 Å². The number of carbonyl (C=O) groups excluding carboxylic acids is 1. The molecular weight excluding hydrogens is 538 g/mol. The lowest BCUT2D eigenvalue weighted by Gasteiger charge is -2.37. The van der Waals surface area contributed by atoms with Crippen LogP contribution in [0.25, 0.3) is 11.3 Å². The Morgan fingerprint density at radius 2 is 1.93 bits per heavy atom. The molecule has 1 saturated carbocycles. The number of aryl methyl sites for hydroxylation is 1. The first-order valence-corrected chi connectivity index (χ1v) is 15.4. The predicted octanol–water partition coefficient (Wildman–Crippen LogP) is 5.42. The molecule has 3 aromatic rings. The molecule has 2 aromatic carbocycles. The molecular formula is C32H37N3O5S. The largest absolute Gasteiger partial charge is 0.488 e. The minimum Gasteiger partial charge on any atom is -0.488 e. The van der Waals surface area contributed by atoms with Crippen molar-refractivity contribution in [2.24, 2.45) is 11.8 Å². The van der Waals surface area contributed by atoms with Gasteiger partial charge in [0.15, 0.2) is 5.13 Å². The fourth-order valence-corrected chi connectivity index (χ4v) is 7.28. The van der Waals surface area contributed by atoms with Crippen LogP contribution >= 0.6 is 11.3 Å². The Balaban J connectivity index is 0.000000967. The van der Waals surface area contributed by atoms with E-state index in [0.717, 1.165) is 103 Å². The minimum atomic E-state index is -0.250. The zero-order chi connectivity index (χ0) is 28.3. The number of rotatable bonds is 6. The first-order chi connectivity index (χ1) is 20.0. The zero-order valence-electron chi connectivity index (χ0n) is 23.5. The molecule has 1 N–H and O–H groups in total. The smallest absolute Gasteiger partial charge is 0.290 e. The predicted molar refractivity (Wildman–Crippen MR) is 159 cm³/mol. The van der Waals surface area contributed by atoms with E-state index >= 15 is 0 Å². The van der Waals surface area contributed by atoms with Gasteiger partial charge in [-0.3, -0.25) is 9.59 Å². The lowest BCUT2D eigenvalue weighted by molar-refractivity contribution is -0.122. The summed E-state index contributed by atoms with van der Waals surface area (Å²) in [7, 11) is 0. The van der Waals surface area contributed by atoms with Crippen LogP contribution in [0.2, 0.25) is 0 Å². The molecule has 7 rings (SSSR count). The highest BCUT2D eigenvalue weighted by Crippen LogP contribution is 2.46. The summed E-state index contributed by atoms with van der Waals surface area (Å²) in [5.74, 6) is 2.87. The minimum absolute atomic E-state index is 0.164. The van der Waals surface area contributed by atoms with E-state index in [1.54, 1.807) is 11.3 Å². The molecule has 4 heterocycles. The quantitative estimate of drug-likeness (QED) is 0.392. The van der Waals surface area contributed by atoms with E-state index in [2.05, 4.69) is 46.4 Å². The number of ether oxygens (including phenoxy) is 2. The van der Waals surface area contributed by atoms with Crippen molar-refractivity contribution >= 4 is 28.8 Å². The lowest BCUT2D eigenvalue weighted by Crippen LogP contribution is -2.47. The van der Waals surface area contributed by atoms with Gasteiger partial charge >= 0.3 is 0 Å². The van der Waals surface area contributed by atoms with Crippen molar-refractivity contribution in [3.05, 3.63) is 64.0 Å². The fraction of sp³-hybridized carbons (Fsp3) is 0.469. The van der Waals surface area contributed by atoms with Gasteiger partial charge in [0, 0.05) is 55.4 Å². The fourth-order valence-electron chi connectivity index (χ4n) is 6.42. The maximum atomic E-state index is 13.2. The maximum absolute atomic E-state index is 13.2. The van der Waals surface area contributed by atoms with E-state index < -0.39 is 0 Å². The van der Waals surface area contributed by atoms with Gasteiger partial charge in [-0.15, -0.1) is 11.3 Å². The van der Waals surface area contributed by atoms with Gasteiger partial charge in [-0.05, 0) is 80.2 Å². The molecule has 2 atom stereocenters. The highest BCUT2D eigenvalue weighted by atomic mass is 32.1. The standard InChI is InChI=1S/C31H35N3O3S.CH2O2/c1-20-2-5-29(27(14-20)28-19-38-31(32-28)33-10-6-22-16-24(22)17-33)37-18-21-3-4-26-23(15-21)7-11-34(30(26)35)25-8-12-36-13-9-25;2-1-3/h2-5,14-15,19,22,24-25H,6-13,16-18H2,1H3;1H,(H,2,3). The molecule has 2 unspecified atom stereocenters. The molecule has 41 heavy (non-hydrogen) atoms. The zero-order valence-corrected chi connectivity index (χ0v) is 24.3. The number of thiazole rings is 1. The van der Waals surface area contributed by atoms with E-state index in [1.807, 2.05) is 12.1 Å². The summed E-state index contributed by atoms with van der Waals surface area (Å²) < 4.78 is 11.9. The second-order valence-electron chi connectivity index (χ2n) is 11.5.